The van der Waals surface area contributed by atoms with Gasteiger partial charge in [0.25, 0.3) is 5.91 Å². The van der Waals surface area contributed by atoms with Crippen LogP contribution in [0.3, 0.4) is 0 Å². The van der Waals surface area contributed by atoms with Crippen LogP contribution in [0.1, 0.15) is 21.5 Å². The smallest absolute Gasteiger partial charge is 0.259 e. The third-order valence-corrected chi connectivity index (χ3v) is 6.13. The third kappa shape index (κ3) is 2.81. The van der Waals surface area contributed by atoms with Crippen molar-refractivity contribution in [1.82, 2.24) is 19.5 Å². The number of amides is 1. The molecule has 5 rings (SSSR count). The van der Waals surface area contributed by atoms with E-state index >= 15 is 0 Å². The molecule has 0 unspecified atom stereocenters. The molecule has 0 radical (unpaired) electrons. The Balaban J connectivity index is 1.52. The van der Waals surface area contributed by atoms with Gasteiger partial charge in [0.2, 0.25) is 0 Å². The fraction of sp³-hybridized carbons (Fsp3) is 0.150. The molecule has 1 amide bonds. The number of aromatic nitrogens is 3. The Bertz CT molecular complexity index is 1170. The first-order valence-electron chi connectivity index (χ1n) is 8.65. The highest BCUT2D eigenvalue weighted by molar-refractivity contribution is 7.19. The highest BCUT2D eigenvalue weighted by atomic mass is 35.5. The van der Waals surface area contributed by atoms with Gasteiger partial charge in [-0.05, 0) is 35.7 Å². The van der Waals surface area contributed by atoms with E-state index in [2.05, 4.69) is 22.2 Å². The molecular weight excluding hydrogens is 380 g/mol. The summed E-state index contributed by atoms with van der Waals surface area (Å²) in [5.74, 6) is -0.0339. The van der Waals surface area contributed by atoms with Gasteiger partial charge in [-0.2, -0.15) is 5.10 Å². The van der Waals surface area contributed by atoms with Gasteiger partial charge in [-0.3, -0.25) is 4.79 Å². The van der Waals surface area contributed by atoms with Crippen molar-refractivity contribution >= 4 is 34.5 Å². The molecule has 0 saturated carbocycles. The molecule has 0 N–H and O–H groups in total. The number of thiophene rings is 1. The summed E-state index contributed by atoms with van der Waals surface area (Å²) in [6, 6.07) is 14.0. The Hall–Kier alpha value is -2.70. The van der Waals surface area contributed by atoms with E-state index in [-0.39, 0.29) is 5.91 Å². The van der Waals surface area contributed by atoms with E-state index in [0.717, 1.165) is 17.0 Å². The molecule has 0 aliphatic carbocycles. The number of hydrogen-bond acceptors (Lipinski definition) is 4. The monoisotopic (exact) mass is 394 g/mol. The van der Waals surface area contributed by atoms with Crippen molar-refractivity contribution in [2.24, 2.45) is 0 Å². The van der Waals surface area contributed by atoms with Gasteiger partial charge in [0, 0.05) is 19.3 Å². The van der Waals surface area contributed by atoms with Gasteiger partial charge in [-0.15, -0.1) is 11.3 Å². The minimum atomic E-state index is -0.0339. The fourth-order valence-electron chi connectivity index (χ4n) is 3.52. The zero-order valence-electron chi connectivity index (χ0n) is 14.3. The van der Waals surface area contributed by atoms with Crippen LogP contribution >= 0.6 is 22.9 Å². The first-order chi connectivity index (χ1) is 13.2. The molecule has 0 saturated heterocycles. The average molecular weight is 395 g/mol. The molecule has 7 heteroatoms. The lowest BCUT2D eigenvalue weighted by atomic mass is 9.99. The summed E-state index contributed by atoms with van der Waals surface area (Å²) in [6.45, 7) is 1.32. The summed E-state index contributed by atoms with van der Waals surface area (Å²) < 4.78 is 2.43. The zero-order valence-corrected chi connectivity index (χ0v) is 15.9. The van der Waals surface area contributed by atoms with Crippen LogP contribution in [0.25, 0.3) is 16.2 Å². The lowest BCUT2D eigenvalue weighted by Crippen LogP contribution is -2.35. The molecule has 134 valence electrons. The van der Waals surface area contributed by atoms with Crippen molar-refractivity contribution in [3.63, 3.8) is 0 Å². The topological polar surface area (TPSA) is 50.5 Å². The van der Waals surface area contributed by atoms with E-state index in [0.29, 0.717) is 28.6 Å². The number of fused-ring (bicyclic) bond motifs is 2. The first kappa shape index (κ1) is 16.5. The lowest BCUT2D eigenvalue weighted by Gasteiger charge is -2.28. The van der Waals surface area contributed by atoms with E-state index < -0.39 is 0 Å². The molecule has 1 aliphatic heterocycles. The maximum atomic E-state index is 13.2. The Morgan fingerprint density at radius 1 is 1.11 bits per heavy atom. The second kappa shape index (κ2) is 6.48. The minimum Gasteiger partial charge on any atom is -0.334 e. The summed E-state index contributed by atoms with van der Waals surface area (Å²) >= 11 is 7.55. The molecule has 4 heterocycles. The standard InChI is InChI=1S/C20H15ClN4OS/c21-18-6-5-17(27-18)16-7-9-22-19-15(11-23-25(16)19)20(26)24-10-8-13-3-1-2-4-14(13)12-24/h1-7,9,11H,8,10,12H2. The van der Waals surface area contributed by atoms with E-state index in [1.54, 1.807) is 16.9 Å². The van der Waals surface area contributed by atoms with Crippen LogP contribution in [0.2, 0.25) is 4.34 Å². The molecule has 0 spiro atoms. The number of carbonyl (C=O) groups excluding carboxylic acids is 1. The molecule has 27 heavy (non-hydrogen) atoms. The normalized spacial score (nSPS) is 13.7. The van der Waals surface area contributed by atoms with Gasteiger partial charge in [0.05, 0.1) is 21.1 Å². The van der Waals surface area contributed by atoms with Crippen molar-refractivity contribution in [3.05, 3.63) is 75.9 Å². The largest absolute Gasteiger partial charge is 0.334 e. The summed E-state index contributed by atoms with van der Waals surface area (Å²) in [5.41, 5.74) is 4.49. The third-order valence-electron chi connectivity index (χ3n) is 4.88. The highest BCUT2D eigenvalue weighted by Gasteiger charge is 2.25. The van der Waals surface area contributed by atoms with E-state index in [1.807, 2.05) is 35.2 Å². The Morgan fingerprint density at radius 3 is 2.78 bits per heavy atom. The summed E-state index contributed by atoms with van der Waals surface area (Å²) in [5, 5.41) is 4.43. The molecule has 1 aliphatic rings. The number of carbonyl (C=O) groups is 1. The van der Waals surface area contributed by atoms with E-state index in [9.17, 15) is 4.79 Å². The van der Waals surface area contributed by atoms with Crippen molar-refractivity contribution < 1.29 is 4.79 Å². The van der Waals surface area contributed by atoms with Crippen LogP contribution in [0.15, 0.2) is 54.9 Å². The van der Waals surface area contributed by atoms with Gasteiger partial charge < -0.3 is 4.90 Å². The number of nitrogens with zero attached hydrogens (tertiary/aromatic N) is 4. The molecule has 3 aromatic heterocycles. The predicted octanol–water partition coefficient (Wildman–Crippen LogP) is 4.31. The van der Waals surface area contributed by atoms with Gasteiger partial charge in [0.1, 0.15) is 5.56 Å². The van der Waals surface area contributed by atoms with Crippen LogP contribution in [-0.2, 0) is 13.0 Å². The molecule has 1 aromatic carbocycles. The summed E-state index contributed by atoms with van der Waals surface area (Å²) in [6.07, 6.45) is 4.19. The molecule has 0 atom stereocenters. The quantitative estimate of drug-likeness (QED) is 0.509. The molecular formula is C20H15ClN4OS. The van der Waals surface area contributed by atoms with Gasteiger partial charge in [0.15, 0.2) is 5.65 Å². The SMILES string of the molecule is O=C(c1cnn2c(-c3ccc(Cl)s3)ccnc12)N1CCc2ccccc2C1. The lowest BCUT2D eigenvalue weighted by molar-refractivity contribution is 0.0736. The Kier molecular flexibility index (Phi) is 3.95. The molecule has 5 nitrogen and oxygen atoms in total. The number of rotatable bonds is 2. The molecule has 4 aromatic rings. The van der Waals surface area contributed by atoms with Crippen LogP contribution in [-0.4, -0.2) is 31.9 Å². The van der Waals surface area contributed by atoms with Crippen LogP contribution in [0.5, 0.6) is 0 Å². The average Bonchev–Trinajstić information content (AvgIpc) is 3.33. The van der Waals surface area contributed by atoms with Crippen molar-refractivity contribution in [1.29, 1.82) is 0 Å². The van der Waals surface area contributed by atoms with E-state index in [4.69, 9.17) is 11.6 Å². The maximum absolute atomic E-state index is 13.2. The second-order valence-corrected chi connectivity index (χ2v) is 8.19. The molecule has 0 fully saturated rings. The van der Waals surface area contributed by atoms with Gasteiger partial charge >= 0.3 is 0 Å². The van der Waals surface area contributed by atoms with Gasteiger partial charge in [-0.25, -0.2) is 9.50 Å². The number of benzene rings is 1. The first-order valence-corrected chi connectivity index (χ1v) is 9.84. The number of hydrogen-bond donors (Lipinski definition) is 0. The maximum Gasteiger partial charge on any atom is 0.259 e. The van der Waals surface area contributed by atoms with Crippen molar-refractivity contribution in [2.45, 2.75) is 13.0 Å². The van der Waals surface area contributed by atoms with Gasteiger partial charge in [-0.1, -0.05) is 35.9 Å². The zero-order chi connectivity index (χ0) is 18.4. The van der Waals surface area contributed by atoms with Crippen LogP contribution in [0, 0.1) is 0 Å². The van der Waals surface area contributed by atoms with Crippen molar-refractivity contribution in [2.75, 3.05) is 6.54 Å². The van der Waals surface area contributed by atoms with E-state index in [1.165, 1.54) is 22.5 Å². The second-order valence-electron chi connectivity index (χ2n) is 6.47. The Morgan fingerprint density at radius 2 is 1.96 bits per heavy atom. The predicted molar refractivity (Wildman–Crippen MR) is 106 cm³/mol. The fourth-order valence-corrected chi connectivity index (χ4v) is 4.57. The summed E-state index contributed by atoms with van der Waals surface area (Å²) in [7, 11) is 0. The van der Waals surface area contributed by atoms with Crippen LogP contribution in [0.4, 0.5) is 0 Å². The molecule has 0 bridgehead atoms. The minimum absolute atomic E-state index is 0.0339. The summed E-state index contributed by atoms with van der Waals surface area (Å²) in [4.78, 5) is 20.4. The van der Waals surface area contributed by atoms with Crippen molar-refractivity contribution in [3.8, 4) is 10.6 Å². The number of halogens is 1. The Labute approximate surface area is 164 Å². The van der Waals surface area contributed by atoms with Crippen LogP contribution < -0.4 is 0 Å². The highest BCUT2D eigenvalue weighted by Crippen LogP contribution is 2.31.